The van der Waals surface area contributed by atoms with Crippen molar-refractivity contribution in [2.24, 2.45) is 0 Å². The number of methoxy groups -OCH3 is 1. The minimum atomic E-state index is -0.909. The molecule has 3 amide bonds. The molecule has 8 heteroatoms. The summed E-state index contributed by atoms with van der Waals surface area (Å²) >= 11 is 0. The second-order valence-electron chi connectivity index (χ2n) is 4.71. The second kappa shape index (κ2) is 7.91. The number of halogens is 2. The third kappa shape index (κ3) is 4.94. The molecule has 2 rings (SSSR count). The molecule has 0 saturated heterocycles. The highest BCUT2D eigenvalue weighted by Gasteiger charge is 2.09. The van der Waals surface area contributed by atoms with Crippen LogP contribution in [0.2, 0.25) is 0 Å². The van der Waals surface area contributed by atoms with Crippen LogP contribution in [0.4, 0.5) is 25.0 Å². The number of ether oxygens (including phenoxy) is 1. The van der Waals surface area contributed by atoms with E-state index in [-0.39, 0.29) is 12.2 Å². The SMILES string of the molecule is COc1ccc(NC(=O)CNC(=O)Nc2ccc(F)cc2F)cc1. The van der Waals surface area contributed by atoms with E-state index in [0.717, 1.165) is 12.1 Å². The van der Waals surface area contributed by atoms with Crippen LogP contribution in [0.15, 0.2) is 42.5 Å². The van der Waals surface area contributed by atoms with Gasteiger partial charge in [0.25, 0.3) is 0 Å². The number of benzene rings is 2. The molecule has 0 aliphatic carbocycles. The molecule has 0 bridgehead atoms. The smallest absolute Gasteiger partial charge is 0.319 e. The van der Waals surface area contributed by atoms with E-state index in [1.165, 1.54) is 7.11 Å². The van der Waals surface area contributed by atoms with E-state index in [4.69, 9.17) is 4.74 Å². The van der Waals surface area contributed by atoms with Crippen LogP contribution in [0.25, 0.3) is 0 Å². The fourth-order valence-electron chi connectivity index (χ4n) is 1.80. The van der Waals surface area contributed by atoms with Gasteiger partial charge in [-0.05, 0) is 36.4 Å². The molecule has 0 aliphatic rings. The number of rotatable bonds is 5. The number of carbonyl (C=O) groups excluding carboxylic acids is 2. The van der Waals surface area contributed by atoms with Gasteiger partial charge in [0.05, 0.1) is 19.3 Å². The molecule has 0 aromatic heterocycles. The third-order valence-corrected chi connectivity index (χ3v) is 2.96. The van der Waals surface area contributed by atoms with Crippen LogP contribution < -0.4 is 20.7 Å². The molecule has 0 unspecified atom stereocenters. The van der Waals surface area contributed by atoms with Gasteiger partial charge in [0.1, 0.15) is 17.4 Å². The van der Waals surface area contributed by atoms with Gasteiger partial charge in [0.15, 0.2) is 0 Å². The van der Waals surface area contributed by atoms with Crippen molar-refractivity contribution in [1.29, 1.82) is 0 Å². The summed E-state index contributed by atoms with van der Waals surface area (Å²) in [7, 11) is 1.53. The zero-order chi connectivity index (χ0) is 17.5. The molecular formula is C16H15F2N3O3. The molecular weight excluding hydrogens is 320 g/mol. The number of urea groups is 1. The van der Waals surface area contributed by atoms with E-state index in [9.17, 15) is 18.4 Å². The standard InChI is InChI=1S/C16H15F2N3O3/c1-24-12-5-3-11(4-6-12)20-15(22)9-19-16(23)21-14-7-2-10(17)8-13(14)18/h2-8H,9H2,1H3,(H,20,22)(H2,19,21,23). The highest BCUT2D eigenvalue weighted by Crippen LogP contribution is 2.15. The summed E-state index contributed by atoms with van der Waals surface area (Å²) in [6.45, 7) is -0.319. The maximum absolute atomic E-state index is 13.4. The number of carbonyl (C=O) groups is 2. The topological polar surface area (TPSA) is 79.5 Å². The molecule has 0 fully saturated rings. The average molecular weight is 335 g/mol. The molecule has 0 aliphatic heterocycles. The Kier molecular flexibility index (Phi) is 5.67. The molecule has 126 valence electrons. The number of hydrogen-bond acceptors (Lipinski definition) is 3. The number of anilines is 2. The van der Waals surface area contributed by atoms with Crippen LogP contribution >= 0.6 is 0 Å². The maximum atomic E-state index is 13.4. The molecule has 0 radical (unpaired) electrons. The summed E-state index contributed by atoms with van der Waals surface area (Å²) < 4.78 is 31.1. The second-order valence-corrected chi connectivity index (χ2v) is 4.71. The van der Waals surface area contributed by atoms with Crippen molar-refractivity contribution >= 4 is 23.3 Å². The summed E-state index contributed by atoms with van der Waals surface area (Å²) in [5.41, 5.74) is 0.344. The lowest BCUT2D eigenvalue weighted by Gasteiger charge is -2.09. The average Bonchev–Trinajstić information content (AvgIpc) is 2.56. The van der Waals surface area contributed by atoms with Crippen molar-refractivity contribution < 1.29 is 23.1 Å². The predicted octanol–water partition coefficient (Wildman–Crippen LogP) is 2.73. The van der Waals surface area contributed by atoms with Crippen LogP contribution in [0.3, 0.4) is 0 Å². The van der Waals surface area contributed by atoms with Crippen LogP contribution in [0.1, 0.15) is 0 Å². The molecule has 3 N–H and O–H groups in total. The minimum Gasteiger partial charge on any atom is -0.497 e. The highest BCUT2D eigenvalue weighted by atomic mass is 19.1. The van der Waals surface area contributed by atoms with E-state index in [1.807, 2.05) is 0 Å². The lowest BCUT2D eigenvalue weighted by Crippen LogP contribution is -2.36. The lowest BCUT2D eigenvalue weighted by molar-refractivity contribution is -0.115. The Hall–Kier alpha value is -3.16. The van der Waals surface area contributed by atoms with Crippen LogP contribution in [0.5, 0.6) is 5.75 Å². The fraction of sp³-hybridized carbons (Fsp3) is 0.125. The van der Waals surface area contributed by atoms with Gasteiger partial charge in [-0.2, -0.15) is 0 Å². The quantitative estimate of drug-likeness (QED) is 0.786. The molecule has 6 nitrogen and oxygen atoms in total. The molecule has 2 aromatic rings. The van der Waals surface area contributed by atoms with Gasteiger partial charge >= 0.3 is 6.03 Å². The zero-order valence-electron chi connectivity index (χ0n) is 12.7. The first-order chi connectivity index (χ1) is 11.5. The molecule has 0 atom stereocenters. The van der Waals surface area contributed by atoms with Gasteiger partial charge in [-0.1, -0.05) is 0 Å². The van der Waals surface area contributed by atoms with Crippen molar-refractivity contribution in [2.45, 2.75) is 0 Å². The number of hydrogen-bond donors (Lipinski definition) is 3. The van der Waals surface area contributed by atoms with Gasteiger partial charge in [0.2, 0.25) is 5.91 Å². The number of nitrogens with one attached hydrogen (secondary N) is 3. The lowest BCUT2D eigenvalue weighted by atomic mass is 10.3. The van der Waals surface area contributed by atoms with Gasteiger partial charge in [-0.3, -0.25) is 4.79 Å². The largest absolute Gasteiger partial charge is 0.497 e. The van der Waals surface area contributed by atoms with Gasteiger partial charge < -0.3 is 20.7 Å². The number of amides is 3. The first-order valence-electron chi connectivity index (χ1n) is 6.92. The molecule has 24 heavy (non-hydrogen) atoms. The Morgan fingerprint density at radius 2 is 1.75 bits per heavy atom. The van der Waals surface area contributed by atoms with Crippen LogP contribution in [-0.4, -0.2) is 25.6 Å². The van der Waals surface area contributed by atoms with Crippen molar-refractivity contribution in [3.8, 4) is 5.75 Å². The van der Waals surface area contributed by atoms with E-state index < -0.39 is 23.6 Å². The summed E-state index contributed by atoms with van der Waals surface area (Å²) in [6.07, 6.45) is 0. The Bertz CT molecular complexity index is 736. The summed E-state index contributed by atoms with van der Waals surface area (Å²) in [4.78, 5) is 23.3. The monoisotopic (exact) mass is 335 g/mol. The minimum absolute atomic E-state index is 0.190. The fourth-order valence-corrected chi connectivity index (χ4v) is 1.80. The van der Waals surface area contributed by atoms with E-state index in [2.05, 4.69) is 16.0 Å². The van der Waals surface area contributed by atoms with Crippen LogP contribution in [0, 0.1) is 11.6 Å². The zero-order valence-corrected chi connectivity index (χ0v) is 12.7. The Morgan fingerprint density at radius 3 is 2.38 bits per heavy atom. The molecule has 0 spiro atoms. The predicted molar refractivity (Wildman–Crippen MR) is 85.0 cm³/mol. The Labute approximate surface area is 136 Å². The van der Waals surface area contributed by atoms with Crippen molar-refractivity contribution in [3.05, 3.63) is 54.1 Å². The van der Waals surface area contributed by atoms with Crippen molar-refractivity contribution in [3.63, 3.8) is 0 Å². The van der Waals surface area contributed by atoms with Crippen molar-refractivity contribution in [2.75, 3.05) is 24.3 Å². The maximum Gasteiger partial charge on any atom is 0.319 e. The first-order valence-corrected chi connectivity index (χ1v) is 6.92. The van der Waals surface area contributed by atoms with Gasteiger partial charge in [0, 0.05) is 11.8 Å². The van der Waals surface area contributed by atoms with Gasteiger partial charge in [-0.15, -0.1) is 0 Å². The molecule has 0 heterocycles. The summed E-state index contributed by atoms with van der Waals surface area (Å²) in [5, 5.41) is 7.02. The Morgan fingerprint density at radius 1 is 1.04 bits per heavy atom. The molecule has 0 saturated carbocycles. The summed E-state index contributed by atoms with van der Waals surface area (Å²) in [6, 6.07) is 8.59. The van der Waals surface area contributed by atoms with E-state index >= 15 is 0 Å². The van der Waals surface area contributed by atoms with Gasteiger partial charge in [-0.25, -0.2) is 13.6 Å². The van der Waals surface area contributed by atoms with E-state index in [0.29, 0.717) is 17.5 Å². The third-order valence-electron chi connectivity index (χ3n) is 2.96. The van der Waals surface area contributed by atoms with Crippen LogP contribution in [-0.2, 0) is 4.79 Å². The summed E-state index contributed by atoms with van der Waals surface area (Å²) in [5.74, 6) is -1.48. The normalized spacial score (nSPS) is 9.96. The molecule has 2 aromatic carbocycles. The Balaban J connectivity index is 1.81. The first kappa shape index (κ1) is 17.2. The van der Waals surface area contributed by atoms with E-state index in [1.54, 1.807) is 24.3 Å². The highest BCUT2D eigenvalue weighted by molar-refractivity contribution is 5.96. The van der Waals surface area contributed by atoms with Crippen molar-refractivity contribution in [1.82, 2.24) is 5.32 Å².